The molecule has 1 atom stereocenters. The Balaban J connectivity index is 1.36. The zero-order chi connectivity index (χ0) is 17.9. The van der Waals surface area contributed by atoms with E-state index in [0.717, 1.165) is 35.6 Å². The summed E-state index contributed by atoms with van der Waals surface area (Å²) in [5.41, 5.74) is 2.54. The summed E-state index contributed by atoms with van der Waals surface area (Å²) in [4.78, 5) is 25.1. The fourth-order valence-corrected chi connectivity index (χ4v) is 3.00. The molecule has 8 nitrogen and oxygen atoms in total. The number of amides is 2. The average molecular weight is 349 g/mol. The van der Waals surface area contributed by atoms with E-state index in [1.165, 1.54) is 0 Å². The second-order valence-electron chi connectivity index (χ2n) is 6.29. The van der Waals surface area contributed by atoms with Crippen LogP contribution < -0.4 is 10.6 Å². The standard InChI is InChI=1S/C18H19N7O/c1-12-8-9-19-17(22-12)13-2-4-14(5-3-13)23-18(26)24-15-6-7-16-20-11-21-25(16)10-15/h2-5,8-9,11,15H,6-7,10H2,1H3,(H2,23,24,26)/t15-/m0/s1. The Kier molecular flexibility index (Phi) is 4.30. The van der Waals surface area contributed by atoms with E-state index >= 15 is 0 Å². The minimum absolute atomic E-state index is 0.0455. The Bertz CT molecular complexity index is 919. The van der Waals surface area contributed by atoms with Crippen LogP contribution in [-0.2, 0) is 13.0 Å². The lowest BCUT2D eigenvalue weighted by Crippen LogP contribution is -2.43. The van der Waals surface area contributed by atoms with Crippen LogP contribution in [0.5, 0.6) is 0 Å². The molecule has 2 amide bonds. The highest BCUT2D eigenvalue weighted by Gasteiger charge is 2.21. The molecule has 0 bridgehead atoms. The molecular weight excluding hydrogens is 330 g/mol. The highest BCUT2D eigenvalue weighted by molar-refractivity contribution is 5.89. The number of rotatable bonds is 3. The second kappa shape index (κ2) is 6.91. The predicted octanol–water partition coefficient (Wildman–Crippen LogP) is 2.18. The van der Waals surface area contributed by atoms with Gasteiger partial charge in [0.05, 0.1) is 12.6 Å². The Hall–Kier alpha value is -3.29. The maximum absolute atomic E-state index is 12.2. The molecule has 1 aliphatic heterocycles. The van der Waals surface area contributed by atoms with Gasteiger partial charge in [-0.3, -0.25) is 0 Å². The Morgan fingerprint density at radius 1 is 1.19 bits per heavy atom. The van der Waals surface area contributed by atoms with Crippen molar-refractivity contribution in [1.82, 2.24) is 30.0 Å². The van der Waals surface area contributed by atoms with Crippen molar-refractivity contribution in [3.63, 3.8) is 0 Å². The third-order valence-electron chi connectivity index (χ3n) is 4.34. The van der Waals surface area contributed by atoms with Gasteiger partial charge < -0.3 is 10.6 Å². The van der Waals surface area contributed by atoms with Gasteiger partial charge in [0, 0.05) is 29.6 Å². The molecule has 0 unspecified atom stereocenters. The van der Waals surface area contributed by atoms with Gasteiger partial charge in [-0.2, -0.15) is 5.10 Å². The van der Waals surface area contributed by atoms with Crippen molar-refractivity contribution in [2.75, 3.05) is 5.32 Å². The monoisotopic (exact) mass is 349 g/mol. The molecule has 0 saturated carbocycles. The number of nitrogens with zero attached hydrogens (tertiary/aromatic N) is 5. The largest absolute Gasteiger partial charge is 0.333 e. The van der Waals surface area contributed by atoms with Crippen LogP contribution in [0.4, 0.5) is 10.5 Å². The van der Waals surface area contributed by atoms with Crippen molar-refractivity contribution in [2.45, 2.75) is 32.4 Å². The van der Waals surface area contributed by atoms with Crippen LogP contribution in [0.3, 0.4) is 0 Å². The lowest BCUT2D eigenvalue weighted by atomic mass is 10.1. The predicted molar refractivity (Wildman–Crippen MR) is 96.5 cm³/mol. The van der Waals surface area contributed by atoms with Gasteiger partial charge in [0.15, 0.2) is 5.82 Å². The number of aryl methyl sites for hydroxylation is 2. The number of carbonyl (C=O) groups is 1. The number of urea groups is 1. The molecule has 8 heteroatoms. The van der Waals surface area contributed by atoms with Crippen molar-refractivity contribution in [3.05, 3.63) is 54.4 Å². The topological polar surface area (TPSA) is 97.6 Å². The third kappa shape index (κ3) is 3.53. The minimum Gasteiger partial charge on any atom is -0.333 e. The number of carbonyl (C=O) groups excluding carboxylic acids is 1. The number of nitrogens with one attached hydrogen (secondary N) is 2. The molecule has 0 aliphatic carbocycles. The van der Waals surface area contributed by atoms with Crippen LogP contribution >= 0.6 is 0 Å². The van der Waals surface area contributed by atoms with Crippen molar-refractivity contribution in [2.24, 2.45) is 0 Å². The molecule has 4 rings (SSSR count). The molecule has 3 heterocycles. The maximum atomic E-state index is 12.2. The molecule has 0 fully saturated rings. The van der Waals surface area contributed by atoms with Gasteiger partial charge in [-0.1, -0.05) is 0 Å². The second-order valence-corrected chi connectivity index (χ2v) is 6.29. The zero-order valence-electron chi connectivity index (χ0n) is 14.4. The number of hydrogen-bond acceptors (Lipinski definition) is 5. The molecule has 2 N–H and O–H groups in total. The van der Waals surface area contributed by atoms with Crippen LogP contribution in [-0.4, -0.2) is 36.8 Å². The lowest BCUT2D eigenvalue weighted by molar-refractivity contribution is 0.243. The molecule has 26 heavy (non-hydrogen) atoms. The first-order chi connectivity index (χ1) is 12.7. The minimum atomic E-state index is -0.224. The van der Waals surface area contributed by atoms with Gasteiger partial charge in [0.1, 0.15) is 12.2 Å². The highest BCUT2D eigenvalue weighted by Crippen LogP contribution is 2.18. The summed E-state index contributed by atoms with van der Waals surface area (Å²) in [5.74, 6) is 1.64. The SMILES string of the molecule is Cc1ccnc(-c2ccc(NC(=O)N[C@H]3CCc4ncnn4C3)cc2)n1. The van der Waals surface area contributed by atoms with E-state index in [-0.39, 0.29) is 12.1 Å². The highest BCUT2D eigenvalue weighted by atomic mass is 16.2. The van der Waals surface area contributed by atoms with E-state index in [4.69, 9.17) is 0 Å². The van der Waals surface area contributed by atoms with Crippen molar-refractivity contribution < 1.29 is 4.79 Å². The number of fused-ring (bicyclic) bond motifs is 1. The van der Waals surface area contributed by atoms with E-state index in [0.29, 0.717) is 12.4 Å². The fourth-order valence-electron chi connectivity index (χ4n) is 3.00. The van der Waals surface area contributed by atoms with Gasteiger partial charge in [-0.25, -0.2) is 24.4 Å². The number of hydrogen-bond donors (Lipinski definition) is 2. The van der Waals surface area contributed by atoms with E-state index in [1.807, 2.05) is 41.9 Å². The van der Waals surface area contributed by atoms with Gasteiger partial charge >= 0.3 is 6.03 Å². The van der Waals surface area contributed by atoms with Crippen LogP contribution in [0.1, 0.15) is 17.9 Å². The Morgan fingerprint density at radius 2 is 2.04 bits per heavy atom. The summed E-state index contributed by atoms with van der Waals surface area (Å²) in [6.07, 6.45) is 4.96. The first kappa shape index (κ1) is 16.2. The first-order valence-electron chi connectivity index (χ1n) is 8.52. The van der Waals surface area contributed by atoms with Crippen LogP contribution in [0.15, 0.2) is 42.9 Å². The maximum Gasteiger partial charge on any atom is 0.319 e. The molecule has 0 spiro atoms. The smallest absolute Gasteiger partial charge is 0.319 e. The first-order valence-corrected chi connectivity index (χ1v) is 8.52. The van der Waals surface area contributed by atoms with Crippen molar-refractivity contribution in [3.8, 4) is 11.4 Å². The number of anilines is 1. The lowest BCUT2D eigenvalue weighted by Gasteiger charge is -2.23. The number of benzene rings is 1. The van der Waals surface area contributed by atoms with Gasteiger partial charge in [0.25, 0.3) is 0 Å². The van der Waals surface area contributed by atoms with Gasteiger partial charge in [0.2, 0.25) is 0 Å². The summed E-state index contributed by atoms with van der Waals surface area (Å²) < 4.78 is 1.84. The fraction of sp³-hybridized carbons (Fsp3) is 0.278. The van der Waals surface area contributed by atoms with E-state index in [1.54, 1.807) is 12.5 Å². The van der Waals surface area contributed by atoms with E-state index in [2.05, 4.69) is 30.7 Å². The number of aromatic nitrogens is 5. The Labute approximate surface area is 150 Å². The Morgan fingerprint density at radius 3 is 2.85 bits per heavy atom. The van der Waals surface area contributed by atoms with Crippen molar-refractivity contribution in [1.29, 1.82) is 0 Å². The van der Waals surface area contributed by atoms with Crippen LogP contribution in [0.2, 0.25) is 0 Å². The normalized spacial score (nSPS) is 16.0. The molecule has 1 aliphatic rings. The zero-order valence-corrected chi connectivity index (χ0v) is 14.4. The van der Waals surface area contributed by atoms with Gasteiger partial charge in [-0.15, -0.1) is 0 Å². The van der Waals surface area contributed by atoms with Crippen molar-refractivity contribution >= 4 is 11.7 Å². The molecule has 0 saturated heterocycles. The third-order valence-corrected chi connectivity index (χ3v) is 4.34. The summed E-state index contributed by atoms with van der Waals surface area (Å²) in [6.45, 7) is 2.57. The van der Waals surface area contributed by atoms with E-state index in [9.17, 15) is 4.79 Å². The molecule has 1 aromatic carbocycles. The summed E-state index contributed by atoms with van der Waals surface area (Å²) >= 11 is 0. The van der Waals surface area contributed by atoms with Crippen LogP contribution in [0, 0.1) is 6.92 Å². The van der Waals surface area contributed by atoms with E-state index < -0.39 is 0 Å². The molecule has 0 radical (unpaired) electrons. The average Bonchev–Trinajstić information content (AvgIpc) is 3.10. The molecule has 3 aromatic rings. The summed E-state index contributed by atoms with van der Waals surface area (Å²) in [5, 5.41) is 10.0. The molecule has 132 valence electrons. The van der Waals surface area contributed by atoms with Crippen LogP contribution in [0.25, 0.3) is 11.4 Å². The molecule has 2 aromatic heterocycles. The molecular formula is C18H19N7O. The van der Waals surface area contributed by atoms with Gasteiger partial charge in [-0.05, 0) is 43.7 Å². The quantitative estimate of drug-likeness (QED) is 0.755. The summed E-state index contributed by atoms with van der Waals surface area (Å²) in [6, 6.07) is 9.16. The summed E-state index contributed by atoms with van der Waals surface area (Å²) in [7, 11) is 0.